The smallest absolute Gasteiger partial charge is 0.146 e. The zero-order valence-electron chi connectivity index (χ0n) is 10.9. The Kier molecular flexibility index (Phi) is 4.55. The number of nitrogens with two attached hydrogens (primary N) is 1. The van der Waals surface area contributed by atoms with Crippen LogP contribution in [0.25, 0.3) is 0 Å². The summed E-state index contributed by atoms with van der Waals surface area (Å²) in [6.07, 6.45) is 2.59. The van der Waals surface area contributed by atoms with Crippen molar-refractivity contribution in [1.29, 1.82) is 0 Å². The van der Waals surface area contributed by atoms with Crippen LogP contribution in [0.3, 0.4) is 0 Å². The van der Waals surface area contributed by atoms with Crippen molar-refractivity contribution in [2.75, 3.05) is 25.4 Å². The maximum Gasteiger partial charge on any atom is 0.146 e. The van der Waals surface area contributed by atoms with E-state index in [0.29, 0.717) is 6.10 Å². The number of anilines is 1. The van der Waals surface area contributed by atoms with Gasteiger partial charge >= 0.3 is 0 Å². The molecule has 1 aromatic rings. The van der Waals surface area contributed by atoms with Gasteiger partial charge in [-0.15, -0.1) is 0 Å². The lowest BCUT2D eigenvalue weighted by molar-refractivity contribution is 0.00362. The molecule has 4 heteroatoms. The lowest BCUT2D eigenvalue weighted by atomic mass is 10.1. The lowest BCUT2D eigenvalue weighted by Crippen LogP contribution is -2.39. The summed E-state index contributed by atoms with van der Waals surface area (Å²) in [5.41, 5.74) is 6.66. The highest BCUT2D eigenvalue weighted by Crippen LogP contribution is 2.18. The SMILES string of the molecule is CCOC1CCCN(Cc2ccc(N)c(F)c2)C1. The summed E-state index contributed by atoms with van der Waals surface area (Å²) < 4.78 is 19.0. The molecule has 1 heterocycles. The van der Waals surface area contributed by atoms with E-state index in [2.05, 4.69) is 4.90 Å². The van der Waals surface area contributed by atoms with Crippen molar-refractivity contribution >= 4 is 5.69 Å². The number of rotatable bonds is 4. The first-order chi connectivity index (χ1) is 8.69. The van der Waals surface area contributed by atoms with Crippen LogP contribution in [-0.4, -0.2) is 30.7 Å². The van der Waals surface area contributed by atoms with Crippen molar-refractivity contribution in [2.45, 2.75) is 32.4 Å². The molecular weight excluding hydrogens is 231 g/mol. The normalized spacial score (nSPS) is 21.1. The van der Waals surface area contributed by atoms with E-state index in [9.17, 15) is 4.39 Å². The van der Waals surface area contributed by atoms with Gasteiger partial charge < -0.3 is 10.5 Å². The minimum absolute atomic E-state index is 0.213. The monoisotopic (exact) mass is 252 g/mol. The third-order valence-corrected chi connectivity index (χ3v) is 3.34. The molecule has 1 aliphatic rings. The molecule has 0 radical (unpaired) electrons. The Balaban J connectivity index is 1.93. The van der Waals surface area contributed by atoms with E-state index in [-0.39, 0.29) is 11.5 Å². The number of nitrogen functional groups attached to an aromatic ring is 1. The molecule has 0 bridgehead atoms. The molecule has 0 aliphatic carbocycles. The molecule has 2 N–H and O–H groups in total. The lowest BCUT2D eigenvalue weighted by Gasteiger charge is -2.32. The average Bonchev–Trinajstić information content (AvgIpc) is 2.35. The van der Waals surface area contributed by atoms with E-state index in [0.717, 1.165) is 44.6 Å². The summed E-state index contributed by atoms with van der Waals surface area (Å²) in [4.78, 5) is 2.31. The second-order valence-corrected chi connectivity index (χ2v) is 4.81. The third kappa shape index (κ3) is 3.43. The highest BCUT2D eigenvalue weighted by atomic mass is 19.1. The van der Waals surface area contributed by atoms with Crippen molar-refractivity contribution in [1.82, 2.24) is 4.90 Å². The van der Waals surface area contributed by atoms with Crippen molar-refractivity contribution in [3.05, 3.63) is 29.6 Å². The van der Waals surface area contributed by atoms with Gasteiger partial charge in [0.05, 0.1) is 11.8 Å². The average molecular weight is 252 g/mol. The third-order valence-electron chi connectivity index (χ3n) is 3.34. The van der Waals surface area contributed by atoms with Crippen LogP contribution in [0, 0.1) is 5.82 Å². The molecule has 100 valence electrons. The number of ether oxygens (including phenoxy) is 1. The topological polar surface area (TPSA) is 38.5 Å². The molecule has 1 saturated heterocycles. The molecular formula is C14H21FN2O. The number of nitrogens with zero attached hydrogens (tertiary/aromatic N) is 1. The van der Waals surface area contributed by atoms with Gasteiger partial charge in [-0.1, -0.05) is 6.07 Å². The first-order valence-corrected chi connectivity index (χ1v) is 6.57. The first kappa shape index (κ1) is 13.3. The van der Waals surface area contributed by atoms with E-state index in [1.165, 1.54) is 6.07 Å². The Bertz CT molecular complexity index is 395. The minimum Gasteiger partial charge on any atom is -0.396 e. The van der Waals surface area contributed by atoms with Crippen LogP contribution in [0.1, 0.15) is 25.3 Å². The van der Waals surface area contributed by atoms with Gasteiger partial charge in [0.15, 0.2) is 0 Å². The molecule has 3 nitrogen and oxygen atoms in total. The maximum atomic E-state index is 13.4. The number of halogens is 1. The summed E-state index contributed by atoms with van der Waals surface area (Å²) in [5.74, 6) is -0.328. The highest BCUT2D eigenvalue weighted by Gasteiger charge is 2.20. The van der Waals surface area contributed by atoms with Crippen LogP contribution >= 0.6 is 0 Å². The van der Waals surface area contributed by atoms with Crippen LogP contribution < -0.4 is 5.73 Å². The summed E-state index contributed by atoms with van der Waals surface area (Å²) in [7, 11) is 0. The zero-order valence-corrected chi connectivity index (χ0v) is 10.9. The van der Waals surface area contributed by atoms with Gasteiger partial charge in [0.25, 0.3) is 0 Å². The Morgan fingerprint density at radius 2 is 2.33 bits per heavy atom. The van der Waals surface area contributed by atoms with Crippen molar-refractivity contribution in [3.8, 4) is 0 Å². The highest BCUT2D eigenvalue weighted by molar-refractivity contribution is 5.41. The predicted molar refractivity (Wildman–Crippen MR) is 70.7 cm³/mol. The molecule has 18 heavy (non-hydrogen) atoms. The number of benzene rings is 1. The van der Waals surface area contributed by atoms with Crippen molar-refractivity contribution < 1.29 is 9.13 Å². The molecule has 1 fully saturated rings. The fourth-order valence-electron chi connectivity index (χ4n) is 2.46. The Labute approximate surface area is 108 Å². The molecule has 1 atom stereocenters. The summed E-state index contributed by atoms with van der Waals surface area (Å²) >= 11 is 0. The van der Waals surface area contributed by atoms with Crippen LogP contribution in [0.2, 0.25) is 0 Å². The summed E-state index contributed by atoms with van der Waals surface area (Å²) in [6, 6.07) is 5.05. The van der Waals surface area contributed by atoms with Crippen LogP contribution in [0.4, 0.5) is 10.1 Å². The molecule has 1 aliphatic heterocycles. The fourth-order valence-corrected chi connectivity index (χ4v) is 2.46. The van der Waals surface area contributed by atoms with Gasteiger partial charge in [-0.2, -0.15) is 0 Å². The van der Waals surface area contributed by atoms with Gasteiger partial charge in [-0.25, -0.2) is 4.39 Å². The minimum atomic E-state index is -0.328. The Morgan fingerprint density at radius 1 is 1.50 bits per heavy atom. The summed E-state index contributed by atoms with van der Waals surface area (Å²) in [6.45, 7) is 5.53. The van der Waals surface area contributed by atoms with Gasteiger partial charge in [-0.05, 0) is 44.0 Å². The largest absolute Gasteiger partial charge is 0.396 e. The van der Waals surface area contributed by atoms with Crippen LogP contribution in [0.5, 0.6) is 0 Å². The van der Waals surface area contributed by atoms with Gasteiger partial charge in [0.2, 0.25) is 0 Å². The summed E-state index contributed by atoms with van der Waals surface area (Å²) in [5, 5.41) is 0. The van der Waals surface area contributed by atoms with Gasteiger partial charge in [0.1, 0.15) is 5.82 Å². The maximum absolute atomic E-state index is 13.4. The van der Waals surface area contributed by atoms with Gasteiger partial charge in [0, 0.05) is 19.7 Å². The van der Waals surface area contributed by atoms with E-state index < -0.39 is 0 Å². The second kappa shape index (κ2) is 6.16. The standard InChI is InChI=1S/C14H21FN2O/c1-2-18-12-4-3-7-17(10-12)9-11-5-6-14(16)13(15)8-11/h5-6,8,12H,2-4,7,9-10,16H2,1H3. The quantitative estimate of drug-likeness (QED) is 0.836. The van der Waals surface area contributed by atoms with Crippen LogP contribution in [0.15, 0.2) is 18.2 Å². The fraction of sp³-hybridized carbons (Fsp3) is 0.571. The molecule has 1 aromatic carbocycles. The Morgan fingerprint density at radius 3 is 3.06 bits per heavy atom. The Hall–Kier alpha value is -1.13. The number of hydrogen-bond acceptors (Lipinski definition) is 3. The first-order valence-electron chi connectivity index (χ1n) is 6.57. The van der Waals surface area contributed by atoms with E-state index in [4.69, 9.17) is 10.5 Å². The van der Waals surface area contributed by atoms with Gasteiger partial charge in [-0.3, -0.25) is 4.90 Å². The van der Waals surface area contributed by atoms with E-state index in [1.54, 1.807) is 6.07 Å². The van der Waals surface area contributed by atoms with Crippen LogP contribution in [-0.2, 0) is 11.3 Å². The number of piperidine rings is 1. The van der Waals surface area contributed by atoms with Crippen molar-refractivity contribution in [3.63, 3.8) is 0 Å². The number of hydrogen-bond donors (Lipinski definition) is 1. The molecule has 1 unspecified atom stereocenters. The molecule has 0 amide bonds. The van der Waals surface area contributed by atoms with E-state index in [1.807, 2.05) is 13.0 Å². The predicted octanol–water partition coefficient (Wildman–Crippen LogP) is 2.41. The number of likely N-dealkylation sites (tertiary alicyclic amines) is 1. The van der Waals surface area contributed by atoms with E-state index >= 15 is 0 Å². The molecule has 2 rings (SSSR count). The van der Waals surface area contributed by atoms with Crippen molar-refractivity contribution in [2.24, 2.45) is 0 Å². The molecule has 0 aromatic heterocycles. The molecule has 0 spiro atoms. The molecule has 0 saturated carbocycles. The second-order valence-electron chi connectivity index (χ2n) is 4.81. The zero-order chi connectivity index (χ0) is 13.0.